The number of rotatable bonds is 3. The van der Waals surface area contributed by atoms with Crippen LogP contribution in [0.4, 0.5) is 0 Å². The summed E-state index contributed by atoms with van der Waals surface area (Å²) >= 11 is 1.77. The lowest BCUT2D eigenvalue weighted by Crippen LogP contribution is -2.24. The maximum Gasteiger partial charge on any atom is 0.156 e. The van der Waals surface area contributed by atoms with E-state index in [-0.39, 0.29) is 6.61 Å². The van der Waals surface area contributed by atoms with Gasteiger partial charge in [-0.05, 0) is 12.8 Å². The molecule has 0 spiro atoms. The van der Waals surface area contributed by atoms with Gasteiger partial charge in [-0.25, -0.2) is 0 Å². The number of amidine groups is 1. The summed E-state index contributed by atoms with van der Waals surface area (Å²) < 4.78 is 0. The molecule has 0 aromatic rings. The molecule has 0 saturated carbocycles. The molecule has 1 aliphatic rings. The maximum absolute atomic E-state index is 8.51. The number of hydrogen-bond acceptors (Lipinski definition) is 4. The molecule has 1 heterocycles. The molecule has 1 rings (SSSR count). The van der Waals surface area contributed by atoms with Gasteiger partial charge in [0, 0.05) is 25.4 Å². The fraction of sp³-hybridized carbons (Fsp3) is 0.857. The van der Waals surface area contributed by atoms with Crippen molar-refractivity contribution in [1.82, 2.24) is 5.32 Å². The second-order valence-electron chi connectivity index (χ2n) is 2.39. The van der Waals surface area contributed by atoms with E-state index in [1.807, 2.05) is 0 Å². The summed E-state index contributed by atoms with van der Waals surface area (Å²) in [6, 6.07) is 0. The molecule has 0 fully saturated rings. The van der Waals surface area contributed by atoms with E-state index < -0.39 is 0 Å². The predicted octanol–water partition coefficient (Wildman–Crippen LogP) is 0.451. The van der Waals surface area contributed by atoms with E-state index in [9.17, 15) is 0 Å². The van der Waals surface area contributed by atoms with E-state index in [1.165, 1.54) is 12.2 Å². The molecule has 11 heavy (non-hydrogen) atoms. The van der Waals surface area contributed by atoms with Crippen molar-refractivity contribution in [2.24, 2.45) is 4.99 Å². The Kier molecular flexibility index (Phi) is 4.38. The van der Waals surface area contributed by atoms with E-state index in [2.05, 4.69) is 10.3 Å². The molecule has 64 valence electrons. The lowest BCUT2D eigenvalue weighted by atomic mass is 10.4. The van der Waals surface area contributed by atoms with Gasteiger partial charge in [-0.3, -0.25) is 4.99 Å². The Bertz CT molecular complexity index is 138. The maximum atomic E-state index is 8.51. The van der Waals surface area contributed by atoms with E-state index in [0.29, 0.717) is 0 Å². The first-order valence-corrected chi connectivity index (χ1v) is 4.94. The molecular formula is C7H14N2OS. The van der Waals surface area contributed by atoms with Crippen LogP contribution in [0, 0.1) is 0 Å². The number of aliphatic hydroxyl groups is 1. The highest BCUT2D eigenvalue weighted by atomic mass is 32.2. The van der Waals surface area contributed by atoms with Crippen LogP contribution in [0.5, 0.6) is 0 Å². The average Bonchev–Trinajstić information content (AvgIpc) is 2.07. The highest BCUT2D eigenvalue weighted by Crippen LogP contribution is 2.09. The van der Waals surface area contributed by atoms with Crippen molar-refractivity contribution < 1.29 is 5.11 Å². The third-order valence-electron chi connectivity index (χ3n) is 1.41. The van der Waals surface area contributed by atoms with Gasteiger partial charge in [0.15, 0.2) is 5.17 Å². The van der Waals surface area contributed by atoms with Gasteiger partial charge in [0.1, 0.15) is 0 Å². The van der Waals surface area contributed by atoms with Crippen LogP contribution in [0.3, 0.4) is 0 Å². The van der Waals surface area contributed by atoms with Crippen LogP contribution in [0.1, 0.15) is 12.8 Å². The quantitative estimate of drug-likeness (QED) is 0.611. The minimum absolute atomic E-state index is 0.255. The highest BCUT2D eigenvalue weighted by Gasteiger charge is 2.03. The normalized spacial score (nSPS) is 17.7. The number of nitrogens with one attached hydrogen (secondary N) is 1. The van der Waals surface area contributed by atoms with Gasteiger partial charge in [-0.15, -0.1) is 0 Å². The van der Waals surface area contributed by atoms with Gasteiger partial charge in [-0.2, -0.15) is 0 Å². The first-order valence-electron chi connectivity index (χ1n) is 3.95. The van der Waals surface area contributed by atoms with Crippen LogP contribution < -0.4 is 5.32 Å². The molecular weight excluding hydrogens is 160 g/mol. The van der Waals surface area contributed by atoms with E-state index in [1.54, 1.807) is 11.8 Å². The summed E-state index contributed by atoms with van der Waals surface area (Å²) in [5.74, 6) is 1.17. The van der Waals surface area contributed by atoms with E-state index in [4.69, 9.17) is 5.11 Å². The van der Waals surface area contributed by atoms with Crippen LogP contribution in [0.2, 0.25) is 0 Å². The molecule has 0 saturated heterocycles. The first kappa shape index (κ1) is 8.87. The Morgan fingerprint density at radius 1 is 1.64 bits per heavy atom. The Morgan fingerprint density at radius 2 is 2.55 bits per heavy atom. The summed E-state index contributed by atoms with van der Waals surface area (Å²) in [5, 5.41) is 12.7. The highest BCUT2D eigenvalue weighted by molar-refractivity contribution is 8.13. The van der Waals surface area contributed by atoms with Crippen molar-refractivity contribution in [3.63, 3.8) is 0 Å². The van der Waals surface area contributed by atoms with Crippen LogP contribution in [0.15, 0.2) is 4.99 Å². The second kappa shape index (κ2) is 5.43. The summed E-state index contributed by atoms with van der Waals surface area (Å²) in [6.45, 7) is 2.04. The minimum Gasteiger partial charge on any atom is -0.396 e. The molecule has 0 bridgehead atoms. The molecule has 2 N–H and O–H groups in total. The van der Waals surface area contributed by atoms with Crippen LogP contribution >= 0.6 is 11.8 Å². The largest absolute Gasteiger partial charge is 0.396 e. The number of thioether (sulfide) groups is 1. The lowest BCUT2D eigenvalue weighted by Gasteiger charge is -2.12. The smallest absolute Gasteiger partial charge is 0.156 e. The minimum atomic E-state index is 0.255. The number of aliphatic imine (C=N–C) groups is 1. The first-order chi connectivity index (χ1) is 5.43. The van der Waals surface area contributed by atoms with E-state index in [0.717, 1.165) is 24.7 Å². The lowest BCUT2D eigenvalue weighted by molar-refractivity contribution is 0.289. The van der Waals surface area contributed by atoms with Crippen molar-refractivity contribution in [3.8, 4) is 0 Å². The predicted molar refractivity (Wildman–Crippen MR) is 49.1 cm³/mol. The Labute approximate surface area is 71.3 Å². The zero-order valence-electron chi connectivity index (χ0n) is 6.55. The van der Waals surface area contributed by atoms with E-state index >= 15 is 0 Å². The molecule has 0 radical (unpaired) electrons. The van der Waals surface area contributed by atoms with Crippen LogP contribution in [-0.4, -0.2) is 35.7 Å². The zero-order valence-corrected chi connectivity index (χ0v) is 7.36. The van der Waals surface area contributed by atoms with Gasteiger partial charge in [0.25, 0.3) is 0 Å². The third kappa shape index (κ3) is 3.62. The second-order valence-corrected chi connectivity index (χ2v) is 3.48. The fourth-order valence-electron chi connectivity index (χ4n) is 0.841. The number of hydrogen-bond donors (Lipinski definition) is 2. The van der Waals surface area contributed by atoms with Crippen molar-refractivity contribution in [1.29, 1.82) is 0 Å². The topological polar surface area (TPSA) is 44.6 Å². The molecule has 0 aliphatic carbocycles. The standard InChI is InChI=1S/C7H14N2OS/c10-5-1-3-8-7-9-4-2-6-11-7/h10H,1-6H2,(H,8,9). The fourth-order valence-corrected chi connectivity index (χ4v) is 1.69. The van der Waals surface area contributed by atoms with Gasteiger partial charge in [-0.1, -0.05) is 11.8 Å². The molecule has 0 aromatic carbocycles. The van der Waals surface area contributed by atoms with Crippen molar-refractivity contribution >= 4 is 16.9 Å². The molecule has 3 nitrogen and oxygen atoms in total. The Balaban J connectivity index is 2.09. The van der Waals surface area contributed by atoms with Crippen molar-refractivity contribution in [2.75, 3.05) is 25.4 Å². The summed E-state index contributed by atoms with van der Waals surface area (Å²) in [4.78, 5) is 4.29. The van der Waals surface area contributed by atoms with Crippen molar-refractivity contribution in [2.45, 2.75) is 12.8 Å². The molecule has 1 aliphatic heterocycles. The summed E-state index contributed by atoms with van der Waals surface area (Å²) in [6.07, 6.45) is 2.00. The molecule has 0 unspecified atom stereocenters. The average molecular weight is 174 g/mol. The molecule has 0 atom stereocenters. The summed E-state index contributed by atoms with van der Waals surface area (Å²) in [5.41, 5.74) is 0. The van der Waals surface area contributed by atoms with Crippen LogP contribution in [0.25, 0.3) is 0 Å². The molecule has 0 aromatic heterocycles. The SMILES string of the molecule is OCCCNC1=NCCCS1. The third-order valence-corrected chi connectivity index (χ3v) is 2.45. The summed E-state index contributed by atoms with van der Waals surface area (Å²) in [7, 11) is 0. The monoisotopic (exact) mass is 174 g/mol. The van der Waals surface area contributed by atoms with Crippen molar-refractivity contribution in [3.05, 3.63) is 0 Å². The number of nitrogens with zero attached hydrogens (tertiary/aromatic N) is 1. The molecule has 0 amide bonds. The van der Waals surface area contributed by atoms with Gasteiger partial charge >= 0.3 is 0 Å². The van der Waals surface area contributed by atoms with Gasteiger partial charge in [0.2, 0.25) is 0 Å². The number of aliphatic hydroxyl groups excluding tert-OH is 1. The Hall–Kier alpha value is -0.220. The van der Waals surface area contributed by atoms with Gasteiger partial charge in [0.05, 0.1) is 0 Å². The zero-order chi connectivity index (χ0) is 7.94. The van der Waals surface area contributed by atoms with Crippen LogP contribution in [-0.2, 0) is 0 Å². The van der Waals surface area contributed by atoms with Gasteiger partial charge < -0.3 is 10.4 Å². The molecule has 4 heteroatoms. The Morgan fingerprint density at radius 3 is 3.18 bits per heavy atom.